The first kappa shape index (κ1) is 29.3. The van der Waals surface area contributed by atoms with Gasteiger partial charge < -0.3 is 9.84 Å². The Morgan fingerprint density at radius 3 is 1.76 bits per heavy atom. The van der Waals surface area contributed by atoms with Gasteiger partial charge >= 0.3 is 5.97 Å². The maximum atomic E-state index is 13.3. The Bertz CT molecular complexity index is 1630. The van der Waals surface area contributed by atoms with Crippen molar-refractivity contribution < 1.29 is 23.1 Å². The van der Waals surface area contributed by atoms with Crippen LogP contribution in [0.25, 0.3) is 0 Å². The van der Waals surface area contributed by atoms with Gasteiger partial charge in [-0.2, -0.15) is 0 Å². The smallest absolute Gasteiger partial charge is 0.338 e. The molecule has 0 bridgehead atoms. The maximum Gasteiger partial charge on any atom is 0.338 e. The lowest BCUT2D eigenvalue weighted by atomic mass is 9.78. The Morgan fingerprint density at radius 2 is 1.19 bits per heavy atom. The molecule has 0 atom stereocenters. The van der Waals surface area contributed by atoms with Crippen LogP contribution >= 0.6 is 0 Å². The van der Waals surface area contributed by atoms with Crippen LogP contribution in [0.2, 0.25) is 0 Å². The Kier molecular flexibility index (Phi) is 8.37. The molecule has 1 aliphatic heterocycles. The maximum absolute atomic E-state index is 13.3. The van der Waals surface area contributed by atoms with Gasteiger partial charge in [0.15, 0.2) is 15.4 Å². The van der Waals surface area contributed by atoms with E-state index in [-0.39, 0.29) is 11.5 Å². The topological polar surface area (TPSA) is 80.7 Å². The van der Waals surface area contributed by atoms with Gasteiger partial charge in [-0.1, -0.05) is 117 Å². The van der Waals surface area contributed by atoms with Crippen molar-refractivity contribution in [1.82, 2.24) is 0 Å². The minimum absolute atomic E-state index is 0.00372. The van der Waals surface area contributed by atoms with Gasteiger partial charge in [-0.15, -0.1) is 0 Å². The molecule has 5 nitrogen and oxygen atoms in total. The summed E-state index contributed by atoms with van der Waals surface area (Å²) in [5.74, 6) is -0.587. The Labute approximate surface area is 248 Å². The lowest BCUT2D eigenvalue weighted by Crippen LogP contribution is -2.37. The molecule has 42 heavy (non-hydrogen) atoms. The van der Waals surface area contributed by atoms with E-state index in [1.165, 1.54) is 0 Å². The summed E-state index contributed by atoms with van der Waals surface area (Å²) in [5.41, 5.74) is 2.30. The molecule has 0 aromatic heterocycles. The molecule has 0 saturated heterocycles. The number of aliphatic hydroxyl groups is 1. The Hall–Kier alpha value is -4.16. The Morgan fingerprint density at radius 1 is 0.690 bits per heavy atom. The van der Waals surface area contributed by atoms with E-state index in [0.717, 1.165) is 16.7 Å². The zero-order chi connectivity index (χ0) is 29.8. The third-order valence-electron chi connectivity index (χ3n) is 7.71. The molecule has 1 aliphatic rings. The largest absolute Gasteiger partial charge is 0.507 e. The van der Waals surface area contributed by atoms with Crippen molar-refractivity contribution in [3.8, 4) is 0 Å². The molecule has 216 valence electrons. The molecule has 1 heterocycles. The van der Waals surface area contributed by atoms with Crippen molar-refractivity contribution in [1.29, 1.82) is 0 Å². The summed E-state index contributed by atoms with van der Waals surface area (Å²) in [4.78, 5) is 13.6. The summed E-state index contributed by atoms with van der Waals surface area (Å²) in [6.45, 7) is 4.09. The molecule has 0 spiro atoms. The highest BCUT2D eigenvalue weighted by Crippen LogP contribution is 2.42. The molecule has 0 saturated carbocycles. The van der Waals surface area contributed by atoms with E-state index >= 15 is 0 Å². The molecule has 6 heteroatoms. The van der Waals surface area contributed by atoms with Gasteiger partial charge in [-0.05, 0) is 52.6 Å². The fourth-order valence-electron chi connectivity index (χ4n) is 5.82. The van der Waals surface area contributed by atoms with Gasteiger partial charge in [0.25, 0.3) is 0 Å². The number of rotatable bonds is 11. The normalized spacial score (nSPS) is 15.0. The molecular formula is C36H36O5S. The zero-order valence-corrected chi connectivity index (χ0v) is 24.8. The predicted molar refractivity (Wildman–Crippen MR) is 165 cm³/mol. The quantitative estimate of drug-likeness (QED) is 0.190. The van der Waals surface area contributed by atoms with E-state index in [2.05, 4.69) is 0 Å². The number of benzene rings is 4. The molecule has 1 N–H and O–H groups in total. The van der Waals surface area contributed by atoms with Gasteiger partial charge in [-0.3, -0.25) is 0 Å². The SMILES string of the molecule is CC(C)(CC1=C(O)C(Cc2ccccc2)(Cc2ccccc2)OC1=O)Cc1cccc(CS(=O)(=O)c2ccccc2)c1. The fraction of sp³-hybridized carbons (Fsp3) is 0.250. The second-order valence-corrected chi connectivity index (χ2v) is 13.9. The van der Waals surface area contributed by atoms with E-state index in [4.69, 9.17) is 4.74 Å². The molecule has 5 rings (SSSR count). The van der Waals surface area contributed by atoms with Crippen LogP contribution < -0.4 is 0 Å². The predicted octanol–water partition coefficient (Wildman–Crippen LogP) is 7.21. The number of hydrogen-bond acceptors (Lipinski definition) is 5. The molecule has 4 aromatic carbocycles. The van der Waals surface area contributed by atoms with E-state index in [1.807, 2.05) is 98.8 Å². The van der Waals surface area contributed by atoms with Gasteiger partial charge in [0.05, 0.1) is 16.2 Å². The minimum atomic E-state index is -3.47. The van der Waals surface area contributed by atoms with E-state index in [1.54, 1.807) is 30.3 Å². The summed E-state index contributed by atoms with van der Waals surface area (Å²) in [5, 5.41) is 11.7. The number of esters is 1. The number of carbonyl (C=O) groups excluding carboxylic acids is 1. The van der Waals surface area contributed by atoms with Gasteiger partial charge in [0, 0.05) is 12.8 Å². The summed E-state index contributed by atoms with van der Waals surface area (Å²) < 4.78 is 31.9. The van der Waals surface area contributed by atoms with Crippen molar-refractivity contribution in [2.24, 2.45) is 5.41 Å². The van der Waals surface area contributed by atoms with E-state index in [9.17, 15) is 18.3 Å². The molecule has 0 unspecified atom stereocenters. The van der Waals surface area contributed by atoms with Crippen LogP contribution in [-0.2, 0) is 44.4 Å². The van der Waals surface area contributed by atoms with Crippen molar-refractivity contribution in [2.45, 2.75) is 55.8 Å². The summed E-state index contributed by atoms with van der Waals surface area (Å²) in [6, 6.07) is 35.5. The molecule has 4 aromatic rings. The number of sulfone groups is 1. The minimum Gasteiger partial charge on any atom is -0.507 e. The third kappa shape index (κ3) is 6.82. The molecule has 0 radical (unpaired) electrons. The van der Waals surface area contributed by atoms with Crippen molar-refractivity contribution in [2.75, 3.05) is 0 Å². The number of carbonyl (C=O) groups is 1. The van der Waals surface area contributed by atoms with Crippen molar-refractivity contribution >= 4 is 15.8 Å². The fourth-order valence-corrected chi connectivity index (χ4v) is 7.18. The highest BCUT2D eigenvalue weighted by atomic mass is 32.2. The van der Waals surface area contributed by atoms with Crippen LogP contribution in [0.1, 0.15) is 42.5 Å². The van der Waals surface area contributed by atoms with Crippen LogP contribution in [0.15, 0.2) is 131 Å². The van der Waals surface area contributed by atoms with E-state index in [0.29, 0.717) is 41.7 Å². The standard InChI is InChI=1S/C36H36O5S/c1-35(2,22-29-17-12-18-30(21-29)26-42(39,40)31-19-10-5-11-20-31)25-32-33(37)36(41-34(32)38,23-27-13-6-3-7-14-27)24-28-15-8-4-9-16-28/h3-21,37H,22-26H2,1-2H3. The zero-order valence-electron chi connectivity index (χ0n) is 24.0. The second kappa shape index (κ2) is 12.0. The number of aliphatic hydroxyl groups excluding tert-OH is 1. The third-order valence-corrected chi connectivity index (χ3v) is 9.41. The highest BCUT2D eigenvalue weighted by Gasteiger charge is 2.49. The molecule has 0 aliphatic carbocycles. The van der Waals surface area contributed by atoms with Gasteiger partial charge in [0.2, 0.25) is 0 Å². The van der Waals surface area contributed by atoms with Crippen LogP contribution in [-0.4, -0.2) is 25.1 Å². The monoisotopic (exact) mass is 580 g/mol. The average Bonchev–Trinajstić information content (AvgIpc) is 3.17. The molecule has 0 fully saturated rings. The summed E-state index contributed by atoms with van der Waals surface area (Å²) in [7, 11) is -3.47. The highest BCUT2D eigenvalue weighted by molar-refractivity contribution is 7.90. The first-order valence-corrected chi connectivity index (χ1v) is 15.8. The van der Waals surface area contributed by atoms with Crippen molar-refractivity contribution in [3.63, 3.8) is 0 Å². The van der Waals surface area contributed by atoms with Gasteiger partial charge in [0.1, 0.15) is 5.76 Å². The first-order valence-electron chi connectivity index (χ1n) is 14.1. The lowest BCUT2D eigenvalue weighted by molar-refractivity contribution is -0.148. The summed E-state index contributed by atoms with van der Waals surface area (Å²) >= 11 is 0. The van der Waals surface area contributed by atoms with Gasteiger partial charge in [-0.25, -0.2) is 13.2 Å². The number of cyclic esters (lactones) is 1. The van der Waals surface area contributed by atoms with Crippen LogP contribution in [0.3, 0.4) is 0 Å². The molecular weight excluding hydrogens is 544 g/mol. The first-order chi connectivity index (χ1) is 20.1. The molecule has 0 amide bonds. The number of ether oxygens (including phenoxy) is 1. The van der Waals surface area contributed by atoms with Crippen LogP contribution in [0.5, 0.6) is 0 Å². The van der Waals surface area contributed by atoms with E-state index < -0.39 is 26.8 Å². The summed E-state index contributed by atoms with van der Waals surface area (Å²) in [6.07, 6.45) is 1.63. The lowest BCUT2D eigenvalue weighted by Gasteiger charge is -2.29. The second-order valence-electron chi connectivity index (χ2n) is 11.9. The average molecular weight is 581 g/mol. The Balaban J connectivity index is 1.38. The van der Waals surface area contributed by atoms with Crippen LogP contribution in [0.4, 0.5) is 0 Å². The number of hydrogen-bond donors (Lipinski definition) is 1. The van der Waals surface area contributed by atoms with Crippen molar-refractivity contribution in [3.05, 3.63) is 149 Å². The van der Waals surface area contributed by atoms with Crippen LogP contribution in [0, 0.1) is 5.41 Å².